The molecule has 1 heterocycles. The van der Waals surface area contributed by atoms with E-state index in [1.165, 1.54) is 0 Å². The topological polar surface area (TPSA) is 49.4 Å². The second kappa shape index (κ2) is 5.77. The van der Waals surface area contributed by atoms with Gasteiger partial charge in [-0.05, 0) is 19.3 Å². The summed E-state index contributed by atoms with van der Waals surface area (Å²) in [5, 5.41) is 3.29. The van der Waals surface area contributed by atoms with Crippen molar-refractivity contribution < 1.29 is 9.00 Å². The molecule has 0 bridgehead atoms. The summed E-state index contributed by atoms with van der Waals surface area (Å²) in [6.07, 6.45) is 2.61. The van der Waals surface area contributed by atoms with Gasteiger partial charge in [0.05, 0.1) is 12.2 Å². The van der Waals surface area contributed by atoms with Crippen LogP contribution in [0.25, 0.3) is 0 Å². The van der Waals surface area contributed by atoms with Crippen molar-refractivity contribution in [3.05, 3.63) is 0 Å². The van der Waals surface area contributed by atoms with Crippen molar-refractivity contribution in [2.75, 3.05) is 18.6 Å². The second-order valence-electron chi connectivity index (χ2n) is 4.73. The predicted octanol–water partition coefficient (Wildman–Crippen LogP) is 0.557. The van der Waals surface area contributed by atoms with E-state index in [1.807, 2.05) is 25.7 Å². The van der Waals surface area contributed by atoms with Crippen LogP contribution in [-0.2, 0) is 15.6 Å². The van der Waals surface area contributed by atoms with Crippen molar-refractivity contribution in [1.29, 1.82) is 0 Å². The number of amides is 1. The first-order valence-electron chi connectivity index (χ1n) is 5.80. The van der Waals surface area contributed by atoms with E-state index >= 15 is 0 Å². The Kier molecular flexibility index (Phi) is 4.92. The van der Waals surface area contributed by atoms with E-state index in [0.717, 1.165) is 6.42 Å². The zero-order chi connectivity index (χ0) is 12.3. The maximum atomic E-state index is 12.0. The molecule has 5 heteroatoms. The third kappa shape index (κ3) is 3.28. The molecule has 1 saturated heterocycles. The monoisotopic (exact) mass is 246 g/mol. The summed E-state index contributed by atoms with van der Waals surface area (Å²) < 4.78 is 10.9. The number of hydrogen-bond acceptors (Lipinski definition) is 3. The highest BCUT2D eigenvalue weighted by atomic mass is 32.2. The van der Waals surface area contributed by atoms with Crippen molar-refractivity contribution >= 4 is 16.7 Å². The van der Waals surface area contributed by atoms with Crippen LogP contribution >= 0.6 is 0 Å². The molecule has 1 aliphatic rings. The maximum absolute atomic E-state index is 12.0. The molecular formula is C11H22N2O2S. The molecule has 0 aromatic heterocycles. The Balaban J connectivity index is 2.48. The number of hydrogen-bond donors (Lipinski definition) is 1. The number of carbonyl (C=O) groups is 1. The standard InChI is InChI=1S/C11H22N2O2S/c1-8(2)10-11(14)13(9(3)12-10)6-5-7-16(4)15/h8-10,12H,5-7H2,1-4H3. The van der Waals surface area contributed by atoms with Gasteiger partial charge in [0.1, 0.15) is 0 Å². The van der Waals surface area contributed by atoms with Gasteiger partial charge in [0.25, 0.3) is 0 Å². The lowest BCUT2D eigenvalue weighted by Crippen LogP contribution is -2.35. The Hall–Kier alpha value is -0.420. The SMILES string of the molecule is CC(C)C1NC(C)N(CCCS(C)=O)C1=O. The molecule has 94 valence electrons. The van der Waals surface area contributed by atoms with Gasteiger partial charge >= 0.3 is 0 Å². The fourth-order valence-corrected chi connectivity index (χ4v) is 2.55. The first-order valence-corrected chi connectivity index (χ1v) is 7.52. The molecule has 1 aliphatic heterocycles. The highest BCUT2D eigenvalue weighted by Crippen LogP contribution is 2.16. The summed E-state index contributed by atoms with van der Waals surface area (Å²) in [4.78, 5) is 13.9. The van der Waals surface area contributed by atoms with Crippen LogP contribution in [-0.4, -0.2) is 45.8 Å². The molecule has 1 N–H and O–H groups in total. The summed E-state index contributed by atoms with van der Waals surface area (Å²) in [5.41, 5.74) is 0. The molecule has 3 unspecified atom stereocenters. The van der Waals surface area contributed by atoms with E-state index in [9.17, 15) is 9.00 Å². The maximum Gasteiger partial charge on any atom is 0.241 e. The first-order chi connectivity index (χ1) is 7.43. The molecule has 4 nitrogen and oxygen atoms in total. The highest BCUT2D eigenvalue weighted by Gasteiger charge is 2.37. The van der Waals surface area contributed by atoms with Crippen LogP contribution in [0, 0.1) is 5.92 Å². The van der Waals surface area contributed by atoms with Gasteiger partial charge in [0.15, 0.2) is 0 Å². The lowest BCUT2D eigenvalue weighted by Gasteiger charge is -2.20. The van der Waals surface area contributed by atoms with Crippen LogP contribution in [0.5, 0.6) is 0 Å². The minimum absolute atomic E-state index is 0.0536. The van der Waals surface area contributed by atoms with Gasteiger partial charge in [0.2, 0.25) is 5.91 Å². The van der Waals surface area contributed by atoms with Gasteiger partial charge in [-0.25, -0.2) is 0 Å². The van der Waals surface area contributed by atoms with Crippen LogP contribution in [0.15, 0.2) is 0 Å². The van der Waals surface area contributed by atoms with E-state index < -0.39 is 10.8 Å². The minimum atomic E-state index is -0.764. The van der Waals surface area contributed by atoms with E-state index in [-0.39, 0.29) is 18.1 Å². The Bertz CT molecular complexity index is 281. The number of nitrogens with one attached hydrogen (secondary N) is 1. The second-order valence-corrected chi connectivity index (χ2v) is 6.28. The smallest absolute Gasteiger partial charge is 0.241 e. The zero-order valence-corrected chi connectivity index (χ0v) is 11.3. The predicted molar refractivity (Wildman–Crippen MR) is 66.5 cm³/mol. The number of rotatable bonds is 5. The normalized spacial score (nSPS) is 27.8. The molecule has 3 atom stereocenters. The van der Waals surface area contributed by atoms with E-state index in [4.69, 9.17) is 0 Å². The summed E-state index contributed by atoms with van der Waals surface area (Å²) in [7, 11) is -0.764. The molecule has 1 fully saturated rings. The third-order valence-electron chi connectivity index (χ3n) is 2.93. The van der Waals surface area contributed by atoms with Crippen molar-refractivity contribution in [3.63, 3.8) is 0 Å². The molecule has 0 spiro atoms. The number of nitrogens with zero attached hydrogens (tertiary/aromatic N) is 1. The van der Waals surface area contributed by atoms with Crippen molar-refractivity contribution in [2.24, 2.45) is 5.92 Å². The summed E-state index contributed by atoms with van der Waals surface area (Å²) >= 11 is 0. The van der Waals surface area contributed by atoms with E-state index in [0.29, 0.717) is 18.2 Å². The summed E-state index contributed by atoms with van der Waals surface area (Å²) in [5.74, 6) is 1.17. The fourth-order valence-electron chi connectivity index (χ4n) is 2.01. The Labute approximate surface area is 100 Å². The molecule has 0 aromatic carbocycles. The van der Waals surface area contributed by atoms with E-state index in [1.54, 1.807) is 6.26 Å². The van der Waals surface area contributed by atoms with E-state index in [2.05, 4.69) is 5.32 Å². The molecule has 0 saturated carbocycles. The van der Waals surface area contributed by atoms with Gasteiger partial charge in [-0.15, -0.1) is 0 Å². The fraction of sp³-hybridized carbons (Fsp3) is 0.909. The molecule has 0 radical (unpaired) electrons. The van der Waals surface area contributed by atoms with Crippen LogP contribution in [0.3, 0.4) is 0 Å². The minimum Gasteiger partial charge on any atom is -0.326 e. The molecule has 16 heavy (non-hydrogen) atoms. The molecule has 0 aromatic rings. The average Bonchev–Trinajstić information content (AvgIpc) is 2.44. The van der Waals surface area contributed by atoms with Gasteiger partial charge < -0.3 is 4.90 Å². The molecule has 0 aliphatic carbocycles. The van der Waals surface area contributed by atoms with Gasteiger partial charge in [-0.2, -0.15) is 0 Å². The van der Waals surface area contributed by atoms with Crippen LogP contribution in [0.4, 0.5) is 0 Å². The Morgan fingerprint density at radius 2 is 2.12 bits per heavy atom. The first kappa shape index (κ1) is 13.6. The lowest BCUT2D eigenvalue weighted by molar-refractivity contribution is -0.130. The summed E-state index contributed by atoms with van der Waals surface area (Å²) in [6, 6.07) is -0.0536. The quantitative estimate of drug-likeness (QED) is 0.771. The molecule has 1 rings (SSSR count). The summed E-state index contributed by atoms with van der Waals surface area (Å²) in [6.45, 7) is 6.80. The lowest BCUT2D eigenvalue weighted by atomic mass is 10.1. The number of carbonyl (C=O) groups excluding carboxylic acids is 1. The molecule has 1 amide bonds. The Morgan fingerprint density at radius 3 is 2.56 bits per heavy atom. The van der Waals surface area contributed by atoms with Gasteiger partial charge in [-0.3, -0.25) is 14.3 Å². The third-order valence-corrected chi connectivity index (χ3v) is 3.80. The molecular weight excluding hydrogens is 224 g/mol. The average molecular weight is 246 g/mol. The largest absolute Gasteiger partial charge is 0.326 e. The Morgan fingerprint density at radius 1 is 1.50 bits per heavy atom. The highest BCUT2D eigenvalue weighted by molar-refractivity contribution is 7.84. The zero-order valence-electron chi connectivity index (χ0n) is 10.5. The van der Waals surface area contributed by atoms with Gasteiger partial charge in [0, 0.05) is 29.4 Å². The van der Waals surface area contributed by atoms with Crippen LogP contribution < -0.4 is 5.32 Å². The van der Waals surface area contributed by atoms with Gasteiger partial charge in [-0.1, -0.05) is 13.8 Å². The van der Waals surface area contributed by atoms with Crippen LogP contribution in [0.2, 0.25) is 0 Å². The van der Waals surface area contributed by atoms with Crippen molar-refractivity contribution in [3.8, 4) is 0 Å². The van der Waals surface area contributed by atoms with Crippen molar-refractivity contribution in [1.82, 2.24) is 10.2 Å². The van der Waals surface area contributed by atoms with Crippen molar-refractivity contribution in [2.45, 2.75) is 39.4 Å². The van der Waals surface area contributed by atoms with Crippen LogP contribution in [0.1, 0.15) is 27.2 Å².